The van der Waals surface area contributed by atoms with Crippen molar-refractivity contribution < 1.29 is 13.6 Å². The van der Waals surface area contributed by atoms with E-state index in [2.05, 4.69) is 10.3 Å². The number of hydrogen-bond donors (Lipinski definition) is 1. The number of hydrogen-bond acceptors (Lipinski definition) is 2. The summed E-state index contributed by atoms with van der Waals surface area (Å²) in [6, 6.07) is 6.32. The van der Waals surface area contributed by atoms with E-state index in [0.29, 0.717) is 0 Å². The Morgan fingerprint density at radius 1 is 1.12 bits per heavy atom. The summed E-state index contributed by atoms with van der Waals surface area (Å²) in [5.41, 5.74) is 0.289. The van der Waals surface area contributed by atoms with Gasteiger partial charge in [0.05, 0.1) is 11.9 Å². The Bertz CT molecular complexity index is 540. The van der Waals surface area contributed by atoms with E-state index in [9.17, 15) is 13.6 Å². The lowest BCUT2D eigenvalue weighted by molar-refractivity contribution is 0.102. The van der Waals surface area contributed by atoms with Crippen LogP contribution in [0.3, 0.4) is 0 Å². The fraction of sp³-hybridized carbons (Fsp3) is 0. The van der Waals surface area contributed by atoms with Crippen LogP contribution in [-0.4, -0.2) is 10.9 Å². The Labute approximate surface area is 96.1 Å². The molecule has 0 bridgehead atoms. The van der Waals surface area contributed by atoms with E-state index in [1.165, 1.54) is 24.4 Å². The van der Waals surface area contributed by atoms with Gasteiger partial charge >= 0.3 is 0 Å². The van der Waals surface area contributed by atoms with Crippen molar-refractivity contribution >= 4 is 11.6 Å². The van der Waals surface area contributed by atoms with Crippen molar-refractivity contribution in [3.05, 3.63) is 59.9 Å². The van der Waals surface area contributed by atoms with Crippen LogP contribution in [0.5, 0.6) is 0 Å². The molecule has 1 N–H and O–H groups in total. The Kier molecular flexibility index (Phi) is 3.09. The Morgan fingerprint density at radius 2 is 1.82 bits per heavy atom. The molecule has 1 heterocycles. The van der Waals surface area contributed by atoms with Gasteiger partial charge in [0.15, 0.2) is 5.82 Å². The third-order valence-electron chi connectivity index (χ3n) is 2.13. The number of halogens is 2. The second-order valence-electron chi connectivity index (χ2n) is 3.32. The van der Waals surface area contributed by atoms with Crippen LogP contribution in [0.2, 0.25) is 0 Å². The molecule has 0 aliphatic heterocycles. The van der Waals surface area contributed by atoms with Gasteiger partial charge in [-0.05, 0) is 30.3 Å². The number of nitrogens with zero attached hydrogens (tertiary/aromatic N) is 1. The number of nitrogens with one attached hydrogen (secondary N) is 1. The molecule has 3 nitrogen and oxygen atoms in total. The minimum Gasteiger partial charge on any atom is -0.319 e. The summed E-state index contributed by atoms with van der Waals surface area (Å²) in [6.07, 6.45) is 2.36. The summed E-state index contributed by atoms with van der Waals surface area (Å²) in [7, 11) is 0. The van der Waals surface area contributed by atoms with Gasteiger partial charge in [-0.25, -0.2) is 8.78 Å². The minimum atomic E-state index is -0.622. The zero-order chi connectivity index (χ0) is 12.3. The van der Waals surface area contributed by atoms with Gasteiger partial charge in [-0.15, -0.1) is 0 Å². The van der Waals surface area contributed by atoms with E-state index in [1.807, 2.05) is 0 Å². The third-order valence-corrected chi connectivity index (χ3v) is 2.13. The standard InChI is InChI=1S/C12H8F2N2O/c13-9-3-1-8(2-4-9)12(17)16-11-5-6-15-7-10(11)14/h1-7H,(H,15,16,17). The molecule has 0 aliphatic carbocycles. The molecule has 0 saturated heterocycles. The fourth-order valence-corrected chi connectivity index (χ4v) is 1.27. The van der Waals surface area contributed by atoms with Gasteiger partial charge in [0.2, 0.25) is 0 Å². The molecule has 0 spiro atoms. The molecule has 86 valence electrons. The average Bonchev–Trinajstić information content (AvgIpc) is 2.33. The SMILES string of the molecule is O=C(Nc1ccncc1F)c1ccc(F)cc1. The number of aromatic nitrogens is 1. The van der Waals surface area contributed by atoms with Crippen LogP contribution < -0.4 is 5.32 Å². The molecule has 0 saturated carbocycles. The van der Waals surface area contributed by atoms with Crippen molar-refractivity contribution in [1.82, 2.24) is 4.98 Å². The maximum absolute atomic E-state index is 13.2. The number of benzene rings is 1. The summed E-state index contributed by atoms with van der Waals surface area (Å²) < 4.78 is 25.8. The molecule has 1 aromatic heterocycles. The van der Waals surface area contributed by atoms with Crippen molar-refractivity contribution in [1.29, 1.82) is 0 Å². The zero-order valence-electron chi connectivity index (χ0n) is 8.65. The highest BCUT2D eigenvalue weighted by Gasteiger charge is 2.08. The molecule has 0 atom stereocenters. The normalized spacial score (nSPS) is 10.0. The quantitative estimate of drug-likeness (QED) is 0.867. The fourth-order valence-electron chi connectivity index (χ4n) is 1.27. The minimum absolute atomic E-state index is 0.0364. The number of pyridine rings is 1. The molecule has 0 fully saturated rings. The lowest BCUT2D eigenvalue weighted by Gasteiger charge is -2.05. The highest BCUT2D eigenvalue weighted by atomic mass is 19.1. The second-order valence-corrected chi connectivity index (χ2v) is 3.32. The number of anilines is 1. The maximum Gasteiger partial charge on any atom is 0.255 e. The first kappa shape index (κ1) is 11.2. The van der Waals surface area contributed by atoms with Crippen molar-refractivity contribution in [3.8, 4) is 0 Å². The van der Waals surface area contributed by atoms with Gasteiger partial charge in [0.1, 0.15) is 5.82 Å². The maximum atomic E-state index is 13.2. The molecular formula is C12H8F2N2O. The first-order valence-corrected chi connectivity index (χ1v) is 4.83. The Hall–Kier alpha value is -2.30. The van der Waals surface area contributed by atoms with Crippen molar-refractivity contribution in [3.63, 3.8) is 0 Å². The molecule has 0 aliphatic rings. The number of carbonyl (C=O) groups is 1. The van der Waals surface area contributed by atoms with Gasteiger partial charge in [0.25, 0.3) is 5.91 Å². The van der Waals surface area contributed by atoms with Crippen molar-refractivity contribution in [2.24, 2.45) is 0 Å². The van der Waals surface area contributed by atoms with Crippen molar-refractivity contribution in [2.45, 2.75) is 0 Å². The van der Waals surface area contributed by atoms with Crippen LogP contribution in [0.15, 0.2) is 42.7 Å². The first-order chi connectivity index (χ1) is 8.16. The molecule has 0 radical (unpaired) electrons. The molecule has 2 rings (SSSR count). The van der Waals surface area contributed by atoms with E-state index >= 15 is 0 Å². The van der Waals surface area contributed by atoms with E-state index in [-0.39, 0.29) is 11.3 Å². The van der Waals surface area contributed by atoms with E-state index in [1.54, 1.807) is 0 Å². The number of carbonyl (C=O) groups excluding carboxylic acids is 1. The Balaban J connectivity index is 2.17. The molecule has 5 heteroatoms. The van der Waals surface area contributed by atoms with Crippen LogP contribution in [-0.2, 0) is 0 Å². The predicted octanol–water partition coefficient (Wildman–Crippen LogP) is 2.61. The van der Waals surface area contributed by atoms with Gasteiger partial charge in [0, 0.05) is 11.8 Å². The summed E-state index contributed by atoms with van der Waals surface area (Å²) >= 11 is 0. The van der Waals surface area contributed by atoms with Crippen LogP contribution in [0.4, 0.5) is 14.5 Å². The average molecular weight is 234 g/mol. The Morgan fingerprint density at radius 3 is 2.47 bits per heavy atom. The molecule has 1 aromatic carbocycles. The molecule has 1 amide bonds. The summed E-state index contributed by atoms with van der Waals surface area (Å²) in [4.78, 5) is 15.2. The van der Waals surface area contributed by atoms with Gasteiger partial charge < -0.3 is 5.32 Å². The molecular weight excluding hydrogens is 226 g/mol. The second kappa shape index (κ2) is 4.69. The monoisotopic (exact) mass is 234 g/mol. The molecule has 2 aromatic rings. The lowest BCUT2D eigenvalue weighted by Crippen LogP contribution is -2.13. The summed E-state index contributed by atoms with van der Waals surface area (Å²) in [5, 5.41) is 2.37. The van der Waals surface area contributed by atoms with Crippen molar-refractivity contribution in [2.75, 3.05) is 5.32 Å². The van der Waals surface area contributed by atoms with Crippen LogP contribution in [0.1, 0.15) is 10.4 Å². The molecule has 0 unspecified atom stereocenters. The van der Waals surface area contributed by atoms with Crippen LogP contribution in [0, 0.1) is 11.6 Å². The number of amides is 1. The predicted molar refractivity (Wildman–Crippen MR) is 58.5 cm³/mol. The van der Waals surface area contributed by atoms with Gasteiger partial charge in [-0.2, -0.15) is 0 Å². The smallest absolute Gasteiger partial charge is 0.255 e. The topological polar surface area (TPSA) is 42.0 Å². The first-order valence-electron chi connectivity index (χ1n) is 4.83. The highest BCUT2D eigenvalue weighted by Crippen LogP contribution is 2.12. The number of rotatable bonds is 2. The van der Waals surface area contributed by atoms with Gasteiger partial charge in [-0.3, -0.25) is 9.78 Å². The van der Waals surface area contributed by atoms with E-state index < -0.39 is 17.5 Å². The van der Waals surface area contributed by atoms with Crippen LogP contribution in [0.25, 0.3) is 0 Å². The summed E-state index contributed by atoms with van der Waals surface area (Å²) in [5.74, 6) is -1.56. The highest BCUT2D eigenvalue weighted by molar-refractivity contribution is 6.04. The van der Waals surface area contributed by atoms with E-state index in [0.717, 1.165) is 18.3 Å². The largest absolute Gasteiger partial charge is 0.319 e. The molecule has 17 heavy (non-hydrogen) atoms. The summed E-state index contributed by atoms with van der Waals surface area (Å²) in [6.45, 7) is 0. The van der Waals surface area contributed by atoms with Gasteiger partial charge in [-0.1, -0.05) is 0 Å². The third kappa shape index (κ3) is 2.63. The zero-order valence-corrected chi connectivity index (χ0v) is 8.65. The lowest BCUT2D eigenvalue weighted by atomic mass is 10.2. The van der Waals surface area contributed by atoms with E-state index in [4.69, 9.17) is 0 Å². The van der Waals surface area contributed by atoms with Crippen LogP contribution >= 0.6 is 0 Å².